The number of benzene rings is 2. The van der Waals surface area contributed by atoms with Crippen LogP contribution in [0.1, 0.15) is 42.6 Å². The monoisotopic (exact) mass is 309 g/mol. The molecule has 0 atom stereocenters. The van der Waals surface area contributed by atoms with Crippen molar-refractivity contribution in [1.29, 1.82) is 0 Å². The van der Waals surface area contributed by atoms with Gasteiger partial charge in [0.15, 0.2) is 0 Å². The van der Waals surface area contributed by atoms with Gasteiger partial charge in [0.1, 0.15) is 11.3 Å². The summed E-state index contributed by atoms with van der Waals surface area (Å²) in [5.74, 6) is 0.593. The molecule has 3 aromatic rings. The molecule has 0 radical (unpaired) electrons. The smallest absolute Gasteiger partial charge is 0.343 e. The maximum Gasteiger partial charge on any atom is 0.343 e. The Morgan fingerprint density at radius 1 is 1.17 bits per heavy atom. The molecule has 23 heavy (non-hydrogen) atoms. The largest absolute Gasteiger partial charge is 0.423 e. The molecular weight excluding hydrogens is 290 g/mol. The highest BCUT2D eigenvalue weighted by molar-refractivity contribution is 5.94. The second-order valence-electron chi connectivity index (χ2n) is 5.72. The lowest BCUT2D eigenvalue weighted by Gasteiger charge is -2.07. The summed E-state index contributed by atoms with van der Waals surface area (Å²) in [5.41, 5.74) is 3.28. The fourth-order valence-electron chi connectivity index (χ4n) is 2.42. The number of esters is 1. The van der Waals surface area contributed by atoms with Gasteiger partial charge < -0.3 is 4.74 Å². The van der Waals surface area contributed by atoms with E-state index in [0.29, 0.717) is 22.7 Å². The van der Waals surface area contributed by atoms with Crippen LogP contribution in [0.15, 0.2) is 42.5 Å². The van der Waals surface area contributed by atoms with Crippen LogP contribution in [0.25, 0.3) is 11.0 Å². The lowest BCUT2D eigenvalue weighted by molar-refractivity contribution is 0.0735. The van der Waals surface area contributed by atoms with Gasteiger partial charge in [0, 0.05) is 6.54 Å². The molecule has 3 rings (SSSR count). The second-order valence-corrected chi connectivity index (χ2v) is 5.72. The summed E-state index contributed by atoms with van der Waals surface area (Å²) in [7, 11) is 0. The van der Waals surface area contributed by atoms with E-state index >= 15 is 0 Å². The highest BCUT2D eigenvalue weighted by atomic mass is 16.5. The number of ether oxygens (including phenoxy) is 1. The van der Waals surface area contributed by atoms with E-state index in [1.807, 2.05) is 37.3 Å². The van der Waals surface area contributed by atoms with Gasteiger partial charge >= 0.3 is 5.97 Å². The predicted molar refractivity (Wildman–Crippen MR) is 88.7 cm³/mol. The number of fused-ring (bicyclic) bond motifs is 1. The van der Waals surface area contributed by atoms with Crippen LogP contribution >= 0.6 is 0 Å². The van der Waals surface area contributed by atoms with E-state index in [-0.39, 0.29) is 0 Å². The maximum absolute atomic E-state index is 12.3. The minimum atomic E-state index is -0.393. The second kappa shape index (κ2) is 6.20. The zero-order chi connectivity index (χ0) is 16.4. The van der Waals surface area contributed by atoms with E-state index in [1.165, 1.54) is 5.56 Å². The lowest BCUT2D eigenvalue weighted by Crippen LogP contribution is -2.08. The number of nitrogens with zero attached hydrogens (tertiary/aromatic N) is 3. The van der Waals surface area contributed by atoms with Crippen LogP contribution < -0.4 is 4.74 Å². The number of hydrogen-bond donors (Lipinski definition) is 0. The highest BCUT2D eigenvalue weighted by Gasteiger charge is 2.12. The zero-order valence-corrected chi connectivity index (χ0v) is 13.5. The molecule has 1 heterocycles. The van der Waals surface area contributed by atoms with Crippen molar-refractivity contribution in [2.45, 2.75) is 33.2 Å². The van der Waals surface area contributed by atoms with Crippen molar-refractivity contribution in [2.24, 2.45) is 0 Å². The fraction of sp³-hybridized carbons (Fsp3) is 0.278. The predicted octanol–water partition coefficient (Wildman–Crippen LogP) is 3.79. The Morgan fingerprint density at radius 2 is 1.91 bits per heavy atom. The first-order chi connectivity index (χ1) is 11.1. The van der Waals surface area contributed by atoms with E-state index in [1.54, 1.807) is 16.8 Å². The molecule has 0 bridgehead atoms. The fourth-order valence-corrected chi connectivity index (χ4v) is 2.42. The van der Waals surface area contributed by atoms with Gasteiger partial charge in [-0.2, -0.15) is 0 Å². The molecular formula is C18H19N3O2. The molecule has 0 amide bonds. The molecule has 5 heteroatoms. The Bertz CT molecular complexity index is 835. The summed E-state index contributed by atoms with van der Waals surface area (Å²) in [6.45, 7) is 6.99. The third-order valence-corrected chi connectivity index (χ3v) is 3.81. The molecule has 2 aromatic carbocycles. The average Bonchev–Trinajstić information content (AvgIpc) is 2.97. The third kappa shape index (κ3) is 3.08. The van der Waals surface area contributed by atoms with Crippen LogP contribution in [0.2, 0.25) is 0 Å². The third-order valence-electron chi connectivity index (χ3n) is 3.81. The summed E-state index contributed by atoms with van der Waals surface area (Å²) in [5, 5.41) is 8.11. The van der Waals surface area contributed by atoms with Crippen LogP contribution in [0, 0.1) is 0 Å². The van der Waals surface area contributed by atoms with Crippen LogP contribution in [-0.2, 0) is 6.54 Å². The first kappa shape index (κ1) is 15.2. The van der Waals surface area contributed by atoms with Gasteiger partial charge in [-0.1, -0.05) is 31.2 Å². The van der Waals surface area contributed by atoms with Crippen molar-refractivity contribution in [3.05, 3.63) is 53.6 Å². The number of carbonyl (C=O) groups is 1. The van der Waals surface area contributed by atoms with Gasteiger partial charge in [0.05, 0.1) is 11.1 Å². The van der Waals surface area contributed by atoms with Crippen molar-refractivity contribution in [3.8, 4) is 5.75 Å². The quantitative estimate of drug-likeness (QED) is 0.543. The standard InChI is InChI=1S/C18H19N3O2/c1-4-21-17-10-7-14(11-16(17)19-20-21)18(22)23-15-8-5-13(6-9-15)12(2)3/h5-12H,4H2,1-3H3. The molecule has 1 aromatic heterocycles. The Kier molecular flexibility index (Phi) is 4.10. The molecule has 0 fully saturated rings. The van der Waals surface area contributed by atoms with Gasteiger partial charge in [0.2, 0.25) is 0 Å². The van der Waals surface area contributed by atoms with Gasteiger partial charge in [0.25, 0.3) is 0 Å². The van der Waals surface area contributed by atoms with Gasteiger partial charge in [-0.3, -0.25) is 0 Å². The van der Waals surface area contributed by atoms with Crippen molar-refractivity contribution < 1.29 is 9.53 Å². The summed E-state index contributed by atoms with van der Waals surface area (Å²) < 4.78 is 7.21. The van der Waals surface area contributed by atoms with Crippen LogP contribution in [0.5, 0.6) is 5.75 Å². The molecule has 0 saturated carbocycles. The highest BCUT2D eigenvalue weighted by Crippen LogP contribution is 2.20. The van der Waals surface area contributed by atoms with E-state index in [0.717, 1.165) is 12.1 Å². The minimum absolute atomic E-state index is 0.393. The van der Waals surface area contributed by atoms with Crippen molar-refractivity contribution in [3.63, 3.8) is 0 Å². The van der Waals surface area contributed by atoms with E-state index in [9.17, 15) is 4.79 Å². The summed E-state index contributed by atoms with van der Waals surface area (Å²) in [6, 6.07) is 12.9. The maximum atomic E-state index is 12.3. The molecule has 0 aliphatic heterocycles. The molecule has 5 nitrogen and oxygen atoms in total. The SMILES string of the molecule is CCn1nnc2cc(C(=O)Oc3ccc(C(C)C)cc3)ccc21. The molecule has 0 saturated heterocycles. The Hall–Kier alpha value is -2.69. The Labute approximate surface area is 134 Å². The molecule has 118 valence electrons. The zero-order valence-electron chi connectivity index (χ0n) is 13.5. The van der Waals surface area contributed by atoms with Crippen LogP contribution in [0.3, 0.4) is 0 Å². The summed E-state index contributed by atoms with van der Waals surface area (Å²) >= 11 is 0. The number of rotatable bonds is 4. The normalized spacial score (nSPS) is 11.1. The number of aryl methyl sites for hydroxylation is 1. The molecule has 0 aliphatic rings. The number of aromatic nitrogens is 3. The van der Waals surface area contributed by atoms with E-state index in [4.69, 9.17) is 4.74 Å². The number of carbonyl (C=O) groups excluding carboxylic acids is 1. The van der Waals surface area contributed by atoms with Crippen molar-refractivity contribution >= 4 is 17.0 Å². The van der Waals surface area contributed by atoms with Gasteiger partial charge in [-0.15, -0.1) is 5.10 Å². The average molecular weight is 309 g/mol. The van der Waals surface area contributed by atoms with E-state index < -0.39 is 5.97 Å². The lowest BCUT2D eigenvalue weighted by atomic mass is 10.0. The molecule has 0 unspecified atom stereocenters. The molecule has 0 N–H and O–H groups in total. The van der Waals surface area contributed by atoms with Crippen LogP contribution in [-0.4, -0.2) is 21.0 Å². The Morgan fingerprint density at radius 3 is 2.57 bits per heavy atom. The first-order valence-corrected chi connectivity index (χ1v) is 7.74. The summed E-state index contributed by atoms with van der Waals surface area (Å²) in [4.78, 5) is 12.3. The topological polar surface area (TPSA) is 57.0 Å². The van der Waals surface area contributed by atoms with Gasteiger partial charge in [-0.05, 0) is 48.7 Å². The van der Waals surface area contributed by atoms with Crippen LogP contribution in [0.4, 0.5) is 0 Å². The van der Waals surface area contributed by atoms with E-state index in [2.05, 4.69) is 24.2 Å². The summed E-state index contributed by atoms with van der Waals surface area (Å²) in [6.07, 6.45) is 0. The van der Waals surface area contributed by atoms with Gasteiger partial charge in [-0.25, -0.2) is 9.48 Å². The molecule has 0 aliphatic carbocycles. The van der Waals surface area contributed by atoms with Crippen molar-refractivity contribution in [2.75, 3.05) is 0 Å². The number of hydrogen-bond acceptors (Lipinski definition) is 4. The Balaban J connectivity index is 1.80. The minimum Gasteiger partial charge on any atom is -0.423 e. The molecule has 0 spiro atoms. The van der Waals surface area contributed by atoms with Crippen molar-refractivity contribution in [1.82, 2.24) is 15.0 Å². The first-order valence-electron chi connectivity index (χ1n) is 7.74.